The van der Waals surface area contributed by atoms with Crippen LogP contribution >= 0.6 is 11.3 Å². The predicted octanol–water partition coefficient (Wildman–Crippen LogP) is 4.02. The summed E-state index contributed by atoms with van der Waals surface area (Å²) >= 11 is 1.60. The normalized spacial score (nSPS) is 12.7. The Balaban J connectivity index is 2.02. The van der Waals surface area contributed by atoms with Crippen molar-refractivity contribution in [1.82, 2.24) is 5.32 Å². The Morgan fingerprint density at radius 3 is 2.44 bits per heavy atom. The van der Waals surface area contributed by atoms with Crippen molar-refractivity contribution in [3.63, 3.8) is 0 Å². The highest BCUT2D eigenvalue weighted by molar-refractivity contribution is 7.10. The van der Waals surface area contributed by atoms with E-state index < -0.39 is 17.5 Å². The van der Waals surface area contributed by atoms with Crippen LogP contribution < -0.4 is 5.32 Å². The van der Waals surface area contributed by atoms with E-state index in [4.69, 9.17) is 0 Å². The summed E-state index contributed by atoms with van der Waals surface area (Å²) in [5.41, 5.74) is 0.384. The second-order valence-electron chi connectivity index (χ2n) is 3.99. The summed E-state index contributed by atoms with van der Waals surface area (Å²) in [4.78, 5) is 1.14. The van der Waals surface area contributed by atoms with Gasteiger partial charge >= 0.3 is 0 Å². The molecule has 0 radical (unpaired) electrons. The summed E-state index contributed by atoms with van der Waals surface area (Å²) in [6.07, 6.45) is 0. The van der Waals surface area contributed by atoms with Crippen LogP contribution in [0.5, 0.6) is 0 Å². The smallest absolute Gasteiger partial charge is 0.194 e. The van der Waals surface area contributed by atoms with E-state index in [-0.39, 0.29) is 12.6 Å². The average molecular weight is 271 g/mol. The van der Waals surface area contributed by atoms with Crippen molar-refractivity contribution in [2.45, 2.75) is 19.5 Å². The van der Waals surface area contributed by atoms with Crippen molar-refractivity contribution in [1.29, 1.82) is 0 Å². The van der Waals surface area contributed by atoms with Crippen molar-refractivity contribution in [2.75, 3.05) is 0 Å². The van der Waals surface area contributed by atoms with Gasteiger partial charge in [0.05, 0.1) is 0 Å². The molecule has 1 N–H and O–H groups in total. The van der Waals surface area contributed by atoms with Crippen LogP contribution in [-0.2, 0) is 6.54 Å². The fraction of sp³-hybridized carbons (Fsp3) is 0.231. The zero-order valence-electron chi connectivity index (χ0n) is 9.71. The van der Waals surface area contributed by atoms with E-state index in [1.54, 1.807) is 11.3 Å². The summed E-state index contributed by atoms with van der Waals surface area (Å²) < 4.78 is 38.8. The van der Waals surface area contributed by atoms with Gasteiger partial charge in [0, 0.05) is 17.5 Å². The lowest BCUT2D eigenvalue weighted by molar-refractivity contribution is 0.443. The van der Waals surface area contributed by atoms with Crippen molar-refractivity contribution >= 4 is 11.3 Å². The zero-order valence-corrected chi connectivity index (χ0v) is 10.5. The van der Waals surface area contributed by atoms with Gasteiger partial charge in [-0.2, -0.15) is 0 Å². The van der Waals surface area contributed by atoms with Crippen LogP contribution in [0.25, 0.3) is 0 Å². The van der Waals surface area contributed by atoms with E-state index in [1.165, 1.54) is 0 Å². The van der Waals surface area contributed by atoms with Gasteiger partial charge in [0.25, 0.3) is 0 Å². The standard InChI is InChI=1S/C13H12F3NS/c1-8(12-3-2-4-18-12)17-7-9-5-10(14)13(16)11(15)6-9/h2-6,8,17H,7H2,1H3/t8-/m1/s1. The molecular formula is C13H12F3NS. The van der Waals surface area contributed by atoms with Crippen LogP contribution in [0.1, 0.15) is 23.4 Å². The minimum Gasteiger partial charge on any atom is -0.305 e. The van der Waals surface area contributed by atoms with Crippen molar-refractivity contribution in [3.8, 4) is 0 Å². The Morgan fingerprint density at radius 1 is 1.22 bits per heavy atom. The maximum absolute atomic E-state index is 13.0. The Morgan fingerprint density at radius 2 is 1.89 bits per heavy atom. The SMILES string of the molecule is C[C@@H](NCc1cc(F)c(F)c(F)c1)c1cccs1. The number of rotatable bonds is 4. The molecule has 0 unspecified atom stereocenters. The van der Waals surface area contributed by atoms with Gasteiger partial charge < -0.3 is 5.32 Å². The molecule has 2 aromatic rings. The summed E-state index contributed by atoms with van der Waals surface area (Å²) in [7, 11) is 0. The monoisotopic (exact) mass is 271 g/mol. The fourth-order valence-corrected chi connectivity index (χ4v) is 2.38. The second-order valence-corrected chi connectivity index (χ2v) is 4.97. The molecule has 96 valence electrons. The highest BCUT2D eigenvalue weighted by atomic mass is 32.1. The van der Waals surface area contributed by atoms with Gasteiger partial charge in [0.15, 0.2) is 17.5 Å². The van der Waals surface area contributed by atoms with Gasteiger partial charge in [-0.15, -0.1) is 11.3 Å². The Kier molecular flexibility index (Phi) is 4.04. The summed E-state index contributed by atoms with van der Waals surface area (Å²) in [6, 6.07) is 6.02. The van der Waals surface area contributed by atoms with E-state index in [0.717, 1.165) is 17.0 Å². The first-order valence-corrected chi connectivity index (χ1v) is 6.36. The molecule has 0 saturated heterocycles. The Labute approximate surface area is 107 Å². The molecule has 5 heteroatoms. The van der Waals surface area contributed by atoms with Crippen molar-refractivity contribution < 1.29 is 13.2 Å². The lowest BCUT2D eigenvalue weighted by Gasteiger charge is -2.12. The number of halogens is 3. The van der Waals surface area contributed by atoms with Gasteiger partial charge in [0.2, 0.25) is 0 Å². The predicted molar refractivity (Wildman–Crippen MR) is 65.9 cm³/mol. The summed E-state index contributed by atoms with van der Waals surface area (Å²) in [5, 5.41) is 5.09. The van der Waals surface area contributed by atoms with Crippen LogP contribution in [0, 0.1) is 17.5 Å². The second kappa shape index (κ2) is 5.54. The lowest BCUT2D eigenvalue weighted by Crippen LogP contribution is -2.17. The molecule has 1 nitrogen and oxygen atoms in total. The molecule has 0 saturated carbocycles. The molecule has 0 aliphatic carbocycles. The van der Waals surface area contributed by atoms with Crippen LogP contribution in [0.4, 0.5) is 13.2 Å². The molecule has 0 spiro atoms. The number of nitrogens with one attached hydrogen (secondary N) is 1. The third kappa shape index (κ3) is 2.91. The zero-order chi connectivity index (χ0) is 13.1. The molecule has 1 aromatic carbocycles. The minimum atomic E-state index is -1.43. The summed E-state index contributed by atoms with van der Waals surface area (Å²) in [6.45, 7) is 2.25. The van der Waals surface area contributed by atoms with E-state index in [1.807, 2.05) is 24.4 Å². The van der Waals surface area contributed by atoms with Gasteiger partial charge in [-0.3, -0.25) is 0 Å². The quantitative estimate of drug-likeness (QED) is 0.828. The average Bonchev–Trinajstić information content (AvgIpc) is 2.86. The number of hydrogen-bond donors (Lipinski definition) is 1. The molecule has 0 bridgehead atoms. The molecule has 0 aliphatic heterocycles. The molecule has 1 atom stereocenters. The Hall–Kier alpha value is -1.33. The van der Waals surface area contributed by atoms with Crippen LogP contribution in [0.15, 0.2) is 29.6 Å². The van der Waals surface area contributed by atoms with Gasteiger partial charge in [-0.1, -0.05) is 6.07 Å². The molecule has 18 heavy (non-hydrogen) atoms. The molecular weight excluding hydrogens is 259 g/mol. The number of hydrogen-bond acceptors (Lipinski definition) is 2. The first-order chi connectivity index (χ1) is 8.58. The van der Waals surface area contributed by atoms with E-state index in [9.17, 15) is 13.2 Å². The van der Waals surface area contributed by atoms with Gasteiger partial charge in [-0.25, -0.2) is 13.2 Å². The molecule has 0 fully saturated rings. The maximum atomic E-state index is 13.0. The third-order valence-corrected chi connectivity index (χ3v) is 3.68. The van der Waals surface area contributed by atoms with Crippen LogP contribution in [0.2, 0.25) is 0 Å². The van der Waals surface area contributed by atoms with E-state index in [2.05, 4.69) is 5.32 Å². The van der Waals surface area contributed by atoms with Crippen LogP contribution in [-0.4, -0.2) is 0 Å². The molecule has 2 rings (SSSR count). The molecule has 1 heterocycles. The molecule has 1 aromatic heterocycles. The van der Waals surface area contributed by atoms with Crippen molar-refractivity contribution in [2.24, 2.45) is 0 Å². The highest BCUT2D eigenvalue weighted by Gasteiger charge is 2.11. The number of thiophene rings is 1. The molecule has 0 aliphatic rings. The highest BCUT2D eigenvalue weighted by Crippen LogP contribution is 2.19. The van der Waals surface area contributed by atoms with Gasteiger partial charge in [0.1, 0.15) is 0 Å². The number of benzene rings is 1. The minimum absolute atomic E-state index is 0.0844. The fourth-order valence-electron chi connectivity index (χ4n) is 1.62. The molecule has 0 amide bonds. The maximum Gasteiger partial charge on any atom is 0.194 e. The third-order valence-electron chi connectivity index (χ3n) is 2.63. The lowest BCUT2D eigenvalue weighted by atomic mass is 10.2. The van der Waals surface area contributed by atoms with Crippen molar-refractivity contribution in [3.05, 3.63) is 57.5 Å². The van der Waals surface area contributed by atoms with Crippen LogP contribution in [0.3, 0.4) is 0 Å². The topological polar surface area (TPSA) is 12.0 Å². The first-order valence-electron chi connectivity index (χ1n) is 5.48. The Bertz CT molecular complexity index is 502. The summed E-state index contributed by atoms with van der Waals surface area (Å²) in [5.74, 6) is -3.74. The van der Waals surface area contributed by atoms with Gasteiger partial charge in [-0.05, 0) is 36.1 Å². The van der Waals surface area contributed by atoms with E-state index >= 15 is 0 Å². The first kappa shape index (κ1) is 13.1. The largest absolute Gasteiger partial charge is 0.305 e. The van der Waals surface area contributed by atoms with E-state index in [0.29, 0.717) is 5.56 Å².